The molecule has 0 bridgehead atoms. The van der Waals surface area contributed by atoms with Crippen LogP contribution in [-0.2, 0) is 9.59 Å². The largest absolute Gasteiger partial charge is 0.398 e. The fourth-order valence-electron chi connectivity index (χ4n) is 1.99. The van der Waals surface area contributed by atoms with Crippen molar-refractivity contribution in [2.75, 3.05) is 5.73 Å². The summed E-state index contributed by atoms with van der Waals surface area (Å²) in [7, 11) is 0. The Kier molecular flexibility index (Phi) is 1.39. The summed E-state index contributed by atoms with van der Waals surface area (Å²) in [5.74, 6) is -3.85. The van der Waals surface area contributed by atoms with Crippen LogP contribution in [0.4, 0.5) is 5.69 Å². The van der Waals surface area contributed by atoms with E-state index in [9.17, 15) is 14.4 Å². The average Bonchev–Trinajstić information content (AvgIpc) is 2.66. The molecule has 1 aliphatic carbocycles. The molecule has 1 aromatic heterocycles. The standard InChI is InChI=1S/C15H15N3O3/c1-8-17-11-4-2-3-10(16)14(11)15(21)18(8)12-6-5-9(19)7-13(12)20/h2-4,12H,5-7,16H2,1H3/i1D3,2D,3D,4D,5D,6D2,12D. The number of hydrogen-bond acceptors (Lipinski definition) is 5. The lowest BCUT2D eigenvalue weighted by Crippen LogP contribution is -2.36. The highest BCUT2D eigenvalue weighted by Gasteiger charge is 2.30. The molecule has 1 heterocycles. The predicted octanol–water partition coefficient (Wildman–Crippen LogP) is 1.15. The maximum atomic E-state index is 13.3. The number of fused-ring (bicyclic) bond motifs is 1. The summed E-state index contributed by atoms with van der Waals surface area (Å²) in [6.07, 6.45) is -6.70. The van der Waals surface area contributed by atoms with Gasteiger partial charge in [-0.25, -0.2) is 4.98 Å². The van der Waals surface area contributed by atoms with Crippen LogP contribution in [-0.4, -0.2) is 21.1 Å². The number of Topliss-reactive ketones (excluding diaryl/α,β-unsaturated/α-hetero) is 2. The van der Waals surface area contributed by atoms with Crippen molar-refractivity contribution in [3.8, 4) is 0 Å². The van der Waals surface area contributed by atoms with Crippen LogP contribution in [0.25, 0.3) is 10.9 Å². The number of nitrogen functional groups attached to an aromatic ring is 1. The summed E-state index contributed by atoms with van der Waals surface area (Å²) in [6.45, 7) is -3.31. The third kappa shape index (κ3) is 2.12. The maximum absolute atomic E-state index is 13.3. The zero-order valence-electron chi connectivity index (χ0n) is 20.5. The highest BCUT2D eigenvalue weighted by molar-refractivity contribution is 6.03. The molecule has 1 aliphatic rings. The molecule has 3 rings (SSSR count). The van der Waals surface area contributed by atoms with Crippen LogP contribution in [0.3, 0.4) is 0 Å². The molecule has 1 saturated carbocycles. The second-order valence-corrected chi connectivity index (χ2v) is 4.29. The number of nitrogens with two attached hydrogens (primary N) is 1. The van der Waals surface area contributed by atoms with Crippen molar-refractivity contribution in [2.45, 2.75) is 32.1 Å². The maximum Gasteiger partial charge on any atom is 0.264 e. The van der Waals surface area contributed by atoms with Crippen molar-refractivity contribution in [1.29, 1.82) is 0 Å². The number of hydrogen-bond donors (Lipinski definition) is 1. The van der Waals surface area contributed by atoms with Gasteiger partial charge in [0, 0.05) is 20.3 Å². The number of ketones is 2. The molecule has 21 heavy (non-hydrogen) atoms. The van der Waals surface area contributed by atoms with Crippen LogP contribution in [0.15, 0.2) is 22.9 Å². The van der Waals surface area contributed by atoms with Gasteiger partial charge in [0.1, 0.15) is 11.6 Å². The normalized spacial score (nSPS) is 36.1. The molecular weight excluding hydrogens is 270 g/mol. The van der Waals surface area contributed by atoms with Gasteiger partial charge in [0.05, 0.1) is 28.8 Å². The van der Waals surface area contributed by atoms with Crippen molar-refractivity contribution in [3.05, 3.63) is 34.3 Å². The van der Waals surface area contributed by atoms with Crippen LogP contribution >= 0.6 is 0 Å². The molecular formula is C15H15N3O3. The Balaban J connectivity index is 2.62. The summed E-state index contributed by atoms with van der Waals surface area (Å²) in [5.41, 5.74) is 2.87. The first-order valence-electron chi connectivity index (χ1n) is 10.9. The van der Waals surface area contributed by atoms with Gasteiger partial charge in [-0.2, -0.15) is 0 Å². The molecule has 108 valence electrons. The Morgan fingerprint density at radius 2 is 2.33 bits per heavy atom. The number of anilines is 1. The molecule has 2 atom stereocenters. The van der Waals surface area contributed by atoms with Crippen LogP contribution in [0.2, 0.25) is 0 Å². The van der Waals surface area contributed by atoms with Gasteiger partial charge in [-0.15, -0.1) is 0 Å². The van der Waals surface area contributed by atoms with Gasteiger partial charge in [0.2, 0.25) is 0 Å². The molecule has 0 spiro atoms. The van der Waals surface area contributed by atoms with Crippen LogP contribution in [0.5, 0.6) is 0 Å². The Hall–Kier alpha value is -2.50. The van der Waals surface area contributed by atoms with Gasteiger partial charge in [-0.05, 0) is 25.3 Å². The SMILES string of the molecule is [2H]c1c([2H])c(N)c2c(=O)n(C3([2H])C(=O)CC(=O)C([2H])C3([2H])[2H])c(C([2H])([2H])[2H])nc2c1[2H]. The molecule has 6 heteroatoms. The van der Waals surface area contributed by atoms with Crippen LogP contribution in [0.1, 0.15) is 44.7 Å². The zero-order chi connectivity index (χ0) is 23.8. The highest BCUT2D eigenvalue weighted by Crippen LogP contribution is 2.24. The molecule has 2 unspecified atom stereocenters. The van der Waals surface area contributed by atoms with E-state index >= 15 is 0 Å². The van der Waals surface area contributed by atoms with E-state index in [1.54, 1.807) is 0 Å². The smallest absolute Gasteiger partial charge is 0.264 e. The number of carbonyl (C=O) groups excluding carboxylic acids is 2. The summed E-state index contributed by atoms with van der Waals surface area (Å²) in [5, 5.41) is -0.743. The van der Waals surface area contributed by atoms with Gasteiger partial charge in [-0.1, -0.05) is 6.04 Å². The van der Waals surface area contributed by atoms with Gasteiger partial charge in [0.25, 0.3) is 5.56 Å². The first kappa shape index (κ1) is 6.09. The average molecular weight is 295 g/mol. The van der Waals surface area contributed by atoms with E-state index in [0.29, 0.717) is 0 Å². The van der Waals surface area contributed by atoms with Crippen LogP contribution < -0.4 is 11.3 Å². The summed E-state index contributed by atoms with van der Waals surface area (Å²) in [6, 6.07) is -5.66. The lowest BCUT2D eigenvalue weighted by atomic mass is 9.92. The number of aryl methyl sites for hydroxylation is 1. The molecule has 2 aromatic rings. The topological polar surface area (TPSA) is 95.0 Å². The van der Waals surface area contributed by atoms with Gasteiger partial charge in [-0.3, -0.25) is 19.0 Å². The van der Waals surface area contributed by atoms with E-state index in [1.165, 1.54) is 0 Å². The fraction of sp³-hybridized carbons (Fsp3) is 0.333. The summed E-state index contributed by atoms with van der Waals surface area (Å²) >= 11 is 0. The first-order valence-corrected chi connectivity index (χ1v) is 5.80. The lowest BCUT2D eigenvalue weighted by molar-refractivity contribution is -0.132. The Bertz CT molecular complexity index is 1220. The zero-order valence-corrected chi connectivity index (χ0v) is 10.5. The number of nitrogens with zero attached hydrogens (tertiary/aromatic N) is 2. The number of rotatable bonds is 1. The van der Waals surface area contributed by atoms with E-state index in [0.717, 1.165) is 0 Å². The third-order valence-corrected chi connectivity index (χ3v) is 2.92. The van der Waals surface area contributed by atoms with Gasteiger partial charge in [0.15, 0.2) is 5.78 Å². The number of aromatic nitrogens is 2. The second kappa shape index (κ2) is 4.80. The molecule has 1 fully saturated rings. The fourth-order valence-corrected chi connectivity index (χ4v) is 1.99. The van der Waals surface area contributed by atoms with Crippen molar-refractivity contribution in [2.24, 2.45) is 0 Å². The Morgan fingerprint density at radius 1 is 1.52 bits per heavy atom. The lowest BCUT2D eigenvalue weighted by Gasteiger charge is -2.24. The summed E-state index contributed by atoms with van der Waals surface area (Å²) in [4.78, 5) is 41.6. The summed E-state index contributed by atoms with van der Waals surface area (Å²) < 4.78 is 79.1. The minimum Gasteiger partial charge on any atom is -0.398 e. The molecule has 0 saturated heterocycles. The molecule has 2 N–H and O–H groups in total. The minimum absolute atomic E-state index is 0.0580. The van der Waals surface area contributed by atoms with E-state index in [-0.39, 0.29) is 4.57 Å². The first-order chi connectivity index (χ1) is 14.0. The number of benzene rings is 1. The third-order valence-electron chi connectivity index (χ3n) is 2.92. The monoisotopic (exact) mass is 295 g/mol. The molecule has 1 aromatic carbocycles. The minimum atomic E-state index is -3.37. The second-order valence-electron chi connectivity index (χ2n) is 4.29. The van der Waals surface area contributed by atoms with Crippen molar-refractivity contribution in [3.63, 3.8) is 0 Å². The van der Waals surface area contributed by atoms with Gasteiger partial charge >= 0.3 is 0 Å². The van der Waals surface area contributed by atoms with Crippen molar-refractivity contribution < 1.29 is 23.3 Å². The van der Waals surface area contributed by atoms with E-state index in [2.05, 4.69) is 4.98 Å². The van der Waals surface area contributed by atoms with E-state index in [4.69, 9.17) is 19.4 Å². The van der Waals surface area contributed by atoms with Crippen LogP contribution in [0, 0.1) is 6.85 Å². The molecule has 6 nitrogen and oxygen atoms in total. The highest BCUT2D eigenvalue weighted by atomic mass is 16.2. The van der Waals surface area contributed by atoms with E-state index < -0.39 is 89.7 Å². The van der Waals surface area contributed by atoms with Crippen molar-refractivity contribution >= 4 is 28.2 Å². The Labute approximate surface area is 134 Å². The van der Waals surface area contributed by atoms with E-state index in [1.807, 2.05) is 0 Å². The molecule has 0 amide bonds. The van der Waals surface area contributed by atoms with Crippen molar-refractivity contribution in [1.82, 2.24) is 9.55 Å². The number of carbonyl (C=O) groups is 2. The molecule has 0 aliphatic heterocycles. The molecule has 0 radical (unpaired) electrons. The van der Waals surface area contributed by atoms with Gasteiger partial charge < -0.3 is 5.73 Å². The quantitative estimate of drug-likeness (QED) is 0.629. The Morgan fingerprint density at radius 3 is 3.10 bits per heavy atom. The predicted molar refractivity (Wildman–Crippen MR) is 78.1 cm³/mol.